The molecular weight excluding hydrogens is 248 g/mol. The van der Waals surface area contributed by atoms with E-state index in [4.69, 9.17) is 11.6 Å². The Bertz CT molecular complexity index is 551. The predicted octanol–water partition coefficient (Wildman–Crippen LogP) is 2.98. The first-order valence-electron chi connectivity index (χ1n) is 5.93. The van der Waals surface area contributed by atoms with Crippen molar-refractivity contribution in [2.24, 2.45) is 0 Å². The molecule has 1 N–H and O–H groups in total. The quantitative estimate of drug-likeness (QED) is 0.861. The van der Waals surface area contributed by atoms with Gasteiger partial charge in [-0.15, -0.1) is 11.6 Å². The van der Waals surface area contributed by atoms with Crippen LogP contribution in [0, 0.1) is 0 Å². The van der Waals surface area contributed by atoms with Gasteiger partial charge in [-0.05, 0) is 25.5 Å². The summed E-state index contributed by atoms with van der Waals surface area (Å²) in [6.07, 6.45) is 2.45. The number of rotatable bonds is 4. The lowest BCUT2D eigenvalue weighted by Gasteiger charge is -2.13. The number of fused-ring (bicyclic) bond motifs is 1. The van der Waals surface area contributed by atoms with Crippen LogP contribution in [0.15, 0.2) is 36.5 Å². The van der Waals surface area contributed by atoms with Gasteiger partial charge in [-0.2, -0.15) is 0 Å². The van der Waals surface area contributed by atoms with E-state index in [0.717, 1.165) is 17.3 Å². The summed E-state index contributed by atoms with van der Waals surface area (Å²) in [5.74, 6) is 0.437. The van der Waals surface area contributed by atoms with Gasteiger partial charge in [0, 0.05) is 23.5 Å². The number of nitrogens with one attached hydrogen (secondary N) is 1. The van der Waals surface area contributed by atoms with Crippen molar-refractivity contribution in [1.29, 1.82) is 0 Å². The molecule has 1 unspecified atom stereocenters. The van der Waals surface area contributed by atoms with Gasteiger partial charge >= 0.3 is 0 Å². The van der Waals surface area contributed by atoms with Gasteiger partial charge < -0.3 is 5.32 Å². The van der Waals surface area contributed by atoms with Crippen LogP contribution in [0.5, 0.6) is 0 Å². The minimum Gasteiger partial charge on any atom is -0.349 e. The number of aromatic nitrogens is 1. The van der Waals surface area contributed by atoms with Crippen LogP contribution in [0.2, 0.25) is 0 Å². The highest BCUT2D eigenvalue weighted by molar-refractivity contribution is 6.17. The first-order chi connectivity index (χ1) is 8.72. The number of nitrogens with zero attached hydrogens (tertiary/aromatic N) is 1. The normalized spacial score (nSPS) is 12.3. The zero-order chi connectivity index (χ0) is 13.0. The second kappa shape index (κ2) is 5.83. The van der Waals surface area contributed by atoms with E-state index in [0.29, 0.717) is 11.4 Å². The topological polar surface area (TPSA) is 42.0 Å². The van der Waals surface area contributed by atoms with Gasteiger partial charge in [0.2, 0.25) is 0 Å². The Hall–Kier alpha value is -1.61. The maximum Gasteiger partial charge on any atom is 0.253 e. The lowest BCUT2D eigenvalue weighted by molar-refractivity contribution is 0.0941. The lowest BCUT2D eigenvalue weighted by Crippen LogP contribution is -2.33. The molecule has 0 aliphatic carbocycles. The number of alkyl halides is 1. The maximum absolute atomic E-state index is 12.1. The SMILES string of the molecule is CC(CCCl)NC(=O)c1cccc2cccnc12. The molecule has 0 saturated heterocycles. The fraction of sp³-hybridized carbons (Fsp3) is 0.286. The van der Waals surface area contributed by atoms with Gasteiger partial charge in [-0.1, -0.05) is 18.2 Å². The van der Waals surface area contributed by atoms with Crippen molar-refractivity contribution in [3.63, 3.8) is 0 Å². The summed E-state index contributed by atoms with van der Waals surface area (Å²) in [5.41, 5.74) is 1.34. The fourth-order valence-corrected chi connectivity index (χ4v) is 2.15. The molecule has 1 aromatic heterocycles. The number of para-hydroxylation sites is 1. The van der Waals surface area contributed by atoms with E-state index >= 15 is 0 Å². The summed E-state index contributed by atoms with van der Waals surface area (Å²) in [5, 5.41) is 3.89. The Balaban J connectivity index is 2.28. The Morgan fingerprint density at radius 1 is 1.39 bits per heavy atom. The number of carbonyl (C=O) groups excluding carboxylic acids is 1. The molecule has 18 heavy (non-hydrogen) atoms. The molecule has 3 nitrogen and oxygen atoms in total. The molecule has 0 saturated carbocycles. The standard InChI is InChI=1S/C14H15ClN2O/c1-10(7-8-15)17-14(18)12-6-2-4-11-5-3-9-16-13(11)12/h2-6,9-10H,7-8H2,1H3,(H,17,18). The zero-order valence-corrected chi connectivity index (χ0v) is 10.9. The molecule has 0 bridgehead atoms. The molecular formula is C14H15ClN2O. The Morgan fingerprint density at radius 3 is 2.94 bits per heavy atom. The Morgan fingerprint density at radius 2 is 2.17 bits per heavy atom. The lowest BCUT2D eigenvalue weighted by atomic mass is 10.1. The van der Waals surface area contributed by atoms with Crippen LogP contribution in [-0.4, -0.2) is 22.8 Å². The molecule has 2 aromatic rings. The third kappa shape index (κ3) is 2.79. The van der Waals surface area contributed by atoms with Crippen LogP contribution in [0.1, 0.15) is 23.7 Å². The molecule has 0 aliphatic rings. The zero-order valence-electron chi connectivity index (χ0n) is 10.2. The summed E-state index contributed by atoms with van der Waals surface area (Å²) in [6.45, 7) is 1.94. The number of carbonyl (C=O) groups is 1. The van der Waals surface area contributed by atoms with Gasteiger partial charge in [0.1, 0.15) is 0 Å². The highest BCUT2D eigenvalue weighted by atomic mass is 35.5. The highest BCUT2D eigenvalue weighted by Crippen LogP contribution is 2.15. The second-order valence-corrected chi connectivity index (χ2v) is 4.61. The van der Waals surface area contributed by atoms with Crippen LogP contribution in [-0.2, 0) is 0 Å². The third-order valence-electron chi connectivity index (χ3n) is 2.80. The van der Waals surface area contributed by atoms with E-state index in [1.165, 1.54) is 0 Å². The molecule has 2 rings (SSSR count). The molecule has 1 aromatic carbocycles. The summed E-state index contributed by atoms with van der Waals surface area (Å²) in [6, 6.07) is 9.47. The molecule has 1 heterocycles. The Labute approximate surface area is 111 Å². The number of benzene rings is 1. The molecule has 4 heteroatoms. The first-order valence-corrected chi connectivity index (χ1v) is 6.46. The average molecular weight is 263 g/mol. The second-order valence-electron chi connectivity index (χ2n) is 4.23. The van der Waals surface area contributed by atoms with Crippen LogP contribution in [0.4, 0.5) is 0 Å². The summed E-state index contributed by atoms with van der Waals surface area (Å²) in [4.78, 5) is 16.4. The van der Waals surface area contributed by atoms with Crippen molar-refractivity contribution in [2.45, 2.75) is 19.4 Å². The van der Waals surface area contributed by atoms with E-state index in [-0.39, 0.29) is 11.9 Å². The number of pyridine rings is 1. The van der Waals surface area contributed by atoms with Crippen LogP contribution < -0.4 is 5.32 Å². The van der Waals surface area contributed by atoms with E-state index in [2.05, 4.69) is 10.3 Å². The monoisotopic (exact) mass is 262 g/mol. The van der Waals surface area contributed by atoms with Crippen molar-refractivity contribution in [3.05, 3.63) is 42.1 Å². The van der Waals surface area contributed by atoms with Crippen molar-refractivity contribution in [3.8, 4) is 0 Å². The number of hydrogen-bond acceptors (Lipinski definition) is 2. The fourth-order valence-electron chi connectivity index (χ4n) is 1.82. The molecule has 0 spiro atoms. The first kappa shape index (κ1) is 12.8. The van der Waals surface area contributed by atoms with Crippen molar-refractivity contribution in [2.75, 3.05) is 5.88 Å². The molecule has 0 aliphatic heterocycles. The number of amides is 1. The summed E-state index contributed by atoms with van der Waals surface area (Å²) < 4.78 is 0. The number of halogens is 1. The highest BCUT2D eigenvalue weighted by Gasteiger charge is 2.12. The van der Waals surface area contributed by atoms with Crippen molar-refractivity contribution in [1.82, 2.24) is 10.3 Å². The summed E-state index contributed by atoms with van der Waals surface area (Å²) >= 11 is 5.66. The van der Waals surface area contributed by atoms with E-state index in [1.807, 2.05) is 31.2 Å². The smallest absolute Gasteiger partial charge is 0.253 e. The third-order valence-corrected chi connectivity index (χ3v) is 3.02. The molecule has 0 radical (unpaired) electrons. The maximum atomic E-state index is 12.1. The Kier molecular flexibility index (Phi) is 4.15. The van der Waals surface area contributed by atoms with Crippen LogP contribution in [0.3, 0.4) is 0 Å². The van der Waals surface area contributed by atoms with Gasteiger partial charge in [0.15, 0.2) is 0 Å². The van der Waals surface area contributed by atoms with Gasteiger partial charge in [-0.25, -0.2) is 0 Å². The predicted molar refractivity (Wildman–Crippen MR) is 74.0 cm³/mol. The molecule has 1 atom stereocenters. The van der Waals surface area contributed by atoms with Crippen molar-refractivity contribution >= 4 is 28.4 Å². The van der Waals surface area contributed by atoms with E-state index in [9.17, 15) is 4.79 Å². The largest absolute Gasteiger partial charge is 0.349 e. The minimum absolute atomic E-state index is 0.0639. The molecule has 1 amide bonds. The van der Waals surface area contributed by atoms with Gasteiger partial charge in [0.05, 0.1) is 11.1 Å². The van der Waals surface area contributed by atoms with Gasteiger partial charge in [-0.3, -0.25) is 9.78 Å². The van der Waals surface area contributed by atoms with Crippen molar-refractivity contribution < 1.29 is 4.79 Å². The van der Waals surface area contributed by atoms with Crippen LogP contribution in [0.25, 0.3) is 10.9 Å². The summed E-state index contributed by atoms with van der Waals surface area (Å²) in [7, 11) is 0. The van der Waals surface area contributed by atoms with E-state index in [1.54, 1.807) is 12.3 Å². The number of hydrogen-bond donors (Lipinski definition) is 1. The average Bonchev–Trinajstić information content (AvgIpc) is 2.38. The van der Waals surface area contributed by atoms with E-state index < -0.39 is 0 Å². The van der Waals surface area contributed by atoms with Gasteiger partial charge in [0.25, 0.3) is 5.91 Å². The molecule has 94 valence electrons. The minimum atomic E-state index is -0.100. The molecule has 0 fully saturated rings. The van der Waals surface area contributed by atoms with Crippen LogP contribution >= 0.6 is 11.6 Å².